The third-order valence-corrected chi connectivity index (χ3v) is 4.63. The number of carbonyl (C=O) groups excluding carboxylic acids is 3. The van der Waals surface area contributed by atoms with Crippen molar-refractivity contribution in [1.82, 2.24) is 15.5 Å². The van der Waals surface area contributed by atoms with Crippen molar-refractivity contribution in [3.8, 4) is 0 Å². The van der Waals surface area contributed by atoms with Crippen LogP contribution in [-0.2, 0) is 24.0 Å². The van der Waals surface area contributed by atoms with Gasteiger partial charge in [-0.3, -0.25) is 19.2 Å². The van der Waals surface area contributed by atoms with Gasteiger partial charge >= 0.3 is 11.9 Å². The predicted octanol–water partition coefficient (Wildman–Crippen LogP) is -1.10. The number of likely N-dealkylation sites (tertiary alicyclic amines) is 1. The van der Waals surface area contributed by atoms with Gasteiger partial charge in [-0.05, 0) is 31.6 Å². The molecule has 0 radical (unpaired) electrons. The molecular formula is C18H30N4O7. The molecule has 0 aromatic rings. The monoisotopic (exact) mass is 414 g/mol. The van der Waals surface area contributed by atoms with Crippen LogP contribution in [-0.4, -0.2) is 76.0 Å². The molecule has 1 fully saturated rings. The van der Waals surface area contributed by atoms with Crippen LogP contribution in [0.15, 0.2) is 0 Å². The van der Waals surface area contributed by atoms with E-state index in [4.69, 9.17) is 10.8 Å². The van der Waals surface area contributed by atoms with E-state index in [0.29, 0.717) is 12.8 Å². The number of carbonyl (C=O) groups is 5. The van der Waals surface area contributed by atoms with Crippen LogP contribution >= 0.6 is 0 Å². The first-order valence-electron chi connectivity index (χ1n) is 9.61. The second kappa shape index (κ2) is 11.3. The average molecular weight is 414 g/mol. The lowest BCUT2D eigenvalue weighted by molar-refractivity contribution is -0.149. The molecule has 0 aromatic heterocycles. The highest BCUT2D eigenvalue weighted by atomic mass is 16.4. The molecular weight excluding hydrogens is 384 g/mol. The second-order valence-electron chi connectivity index (χ2n) is 7.48. The Bertz CT molecular complexity index is 638. The van der Waals surface area contributed by atoms with Crippen molar-refractivity contribution in [3.05, 3.63) is 0 Å². The smallest absolute Gasteiger partial charge is 0.326 e. The third kappa shape index (κ3) is 7.68. The summed E-state index contributed by atoms with van der Waals surface area (Å²) in [6, 6.07) is -3.09. The standard InChI is InChI=1S/C18H30N4O7/c1-10(2)8-12(17(27)22-7-3-4-13(22)18(28)29)21-16(26)11(5-6-15(24)25)20-14(23)9-19/h10-13H,3-9,19H2,1-2H3,(H,20,23)(H,21,26)(H,24,25)(H,28,29)/t11-,12-,13-/m0/s1. The zero-order valence-corrected chi connectivity index (χ0v) is 16.7. The van der Waals surface area contributed by atoms with Crippen LogP contribution in [0, 0.1) is 5.92 Å². The van der Waals surface area contributed by atoms with Crippen LogP contribution < -0.4 is 16.4 Å². The highest BCUT2D eigenvalue weighted by Crippen LogP contribution is 2.20. The van der Waals surface area contributed by atoms with Gasteiger partial charge in [0, 0.05) is 13.0 Å². The summed E-state index contributed by atoms with van der Waals surface area (Å²) in [5.74, 6) is -4.06. The Hall–Kier alpha value is -2.69. The van der Waals surface area contributed by atoms with Crippen LogP contribution in [0.4, 0.5) is 0 Å². The fourth-order valence-corrected chi connectivity index (χ4v) is 3.24. The molecule has 11 nitrogen and oxygen atoms in total. The summed E-state index contributed by atoms with van der Waals surface area (Å²) in [7, 11) is 0. The summed E-state index contributed by atoms with van der Waals surface area (Å²) in [6.07, 6.45) is 0.635. The first-order valence-corrected chi connectivity index (χ1v) is 9.61. The van der Waals surface area contributed by atoms with E-state index in [2.05, 4.69) is 10.6 Å². The number of nitrogens with one attached hydrogen (secondary N) is 2. The first kappa shape index (κ1) is 24.3. The van der Waals surface area contributed by atoms with E-state index in [1.807, 2.05) is 13.8 Å². The van der Waals surface area contributed by atoms with E-state index in [9.17, 15) is 29.1 Å². The topological polar surface area (TPSA) is 179 Å². The van der Waals surface area contributed by atoms with Gasteiger partial charge in [0.05, 0.1) is 6.54 Å². The minimum absolute atomic E-state index is 0.0197. The number of carboxylic acid groups (broad SMARTS) is 2. The summed E-state index contributed by atoms with van der Waals surface area (Å²) >= 11 is 0. The van der Waals surface area contributed by atoms with Gasteiger partial charge in [0.2, 0.25) is 17.7 Å². The molecule has 1 aliphatic rings. The van der Waals surface area contributed by atoms with E-state index in [-0.39, 0.29) is 38.3 Å². The lowest BCUT2D eigenvalue weighted by atomic mass is 10.0. The number of amides is 3. The summed E-state index contributed by atoms with van der Waals surface area (Å²) in [5, 5.41) is 23.1. The number of nitrogens with zero attached hydrogens (tertiary/aromatic N) is 1. The molecule has 0 saturated carbocycles. The maximum absolute atomic E-state index is 12.9. The van der Waals surface area contributed by atoms with Crippen molar-refractivity contribution in [3.63, 3.8) is 0 Å². The summed E-state index contributed by atoms with van der Waals surface area (Å²) in [6.45, 7) is 3.61. The molecule has 1 aliphatic heterocycles. The maximum atomic E-state index is 12.9. The molecule has 0 spiro atoms. The first-order chi connectivity index (χ1) is 13.6. The van der Waals surface area contributed by atoms with E-state index in [1.165, 1.54) is 4.90 Å². The molecule has 3 amide bonds. The lowest BCUT2D eigenvalue weighted by Gasteiger charge is -2.29. The maximum Gasteiger partial charge on any atom is 0.326 e. The molecule has 0 aliphatic carbocycles. The number of hydrogen-bond acceptors (Lipinski definition) is 6. The Labute approximate surface area is 169 Å². The number of carboxylic acids is 2. The van der Waals surface area contributed by atoms with Gasteiger partial charge in [0.1, 0.15) is 18.1 Å². The SMILES string of the molecule is CC(C)C[C@H](NC(=O)[C@H](CCC(=O)O)NC(=O)CN)C(=O)N1CCC[C@H]1C(=O)O. The molecule has 6 N–H and O–H groups in total. The number of nitrogens with two attached hydrogens (primary N) is 1. The summed E-state index contributed by atoms with van der Waals surface area (Å²) in [4.78, 5) is 60.7. The minimum Gasteiger partial charge on any atom is -0.481 e. The highest BCUT2D eigenvalue weighted by molar-refractivity contribution is 5.94. The van der Waals surface area contributed by atoms with Crippen LogP contribution in [0.3, 0.4) is 0 Å². The van der Waals surface area contributed by atoms with Crippen LogP contribution in [0.2, 0.25) is 0 Å². The zero-order chi connectivity index (χ0) is 22.1. The fourth-order valence-electron chi connectivity index (χ4n) is 3.24. The Morgan fingerprint density at radius 3 is 2.28 bits per heavy atom. The average Bonchev–Trinajstić information content (AvgIpc) is 3.13. The number of rotatable bonds is 11. The molecule has 0 unspecified atom stereocenters. The van der Waals surface area contributed by atoms with Gasteiger partial charge in [-0.25, -0.2) is 4.79 Å². The van der Waals surface area contributed by atoms with Gasteiger partial charge in [0.25, 0.3) is 0 Å². The van der Waals surface area contributed by atoms with Gasteiger partial charge in [-0.1, -0.05) is 13.8 Å². The van der Waals surface area contributed by atoms with E-state index in [1.54, 1.807) is 0 Å². The van der Waals surface area contributed by atoms with Crippen molar-refractivity contribution in [1.29, 1.82) is 0 Å². The highest BCUT2D eigenvalue weighted by Gasteiger charge is 2.38. The van der Waals surface area contributed by atoms with Crippen molar-refractivity contribution in [2.75, 3.05) is 13.1 Å². The van der Waals surface area contributed by atoms with Crippen molar-refractivity contribution in [2.24, 2.45) is 11.7 Å². The fraction of sp³-hybridized carbons (Fsp3) is 0.722. The molecule has 0 aromatic carbocycles. The zero-order valence-electron chi connectivity index (χ0n) is 16.7. The molecule has 29 heavy (non-hydrogen) atoms. The minimum atomic E-state index is -1.17. The second-order valence-corrected chi connectivity index (χ2v) is 7.48. The van der Waals surface area contributed by atoms with Gasteiger partial charge in [-0.15, -0.1) is 0 Å². The van der Waals surface area contributed by atoms with Crippen LogP contribution in [0.25, 0.3) is 0 Å². The molecule has 3 atom stereocenters. The van der Waals surface area contributed by atoms with Gasteiger partial charge in [0.15, 0.2) is 0 Å². The molecule has 1 rings (SSSR count). The van der Waals surface area contributed by atoms with E-state index >= 15 is 0 Å². The Morgan fingerprint density at radius 1 is 1.10 bits per heavy atom. The Morgan fingerprint density at radius 2 is 1.76 bits per heavy atom. The molecule has 1 heterocycles. The Kier molecular flexibility index (Phi) is 9.53. The lowest BCUT2D eigenvalue weighted by Crippen LogP contribution is -2.56. The number of hydrogen-bond donors (Lipinski definition) is 5. The normalized spacial score (nSPS) is 18.2. The summed E-state index contributed by atoms with van der Waals surface area (Å²) in [5.41, 5.74) is 5.24. The molecule has 0 bridgehead atoms. The third-order valence-electron chi connectivity index (χ3n) is 4.63. The molecule has 1 saturated heterocycles. The summed E-state index contributed by atoms with van der Waals surface area (Å²) < 4.78 is 0. The Balaban J connectivity index is 2.96. The van der Waals surface area contributed by atoms with Crippen molar-refractivity contribution < 1.29 is 34.2 Å². The largest absolute Gasteiger partial charge is 0.481 e. The van der Waals surface area contributed by atoms with E-state index < -0.39 is 47.8 Å². The van der Waals surface area contributed by atoms with Gasteiger partial charge < -0.3 is 31.5 Å². The molecule has 164 valence electrons. The van der Waals surface area contributed by atoms with E-state index in [0.717, 1.165) is 0 Å². The van der Waals surface area contributed by atoms with Crippen LogP contribution in [0.1, 0.15) is 46.0 Å². The number of aliphatic carboxylic acids is 2. The quantitative estimate of drug-likeness (QED) is 0.283. The predicted molar refractivity (Wildman–Crippen MR) is 102 cm³/mol. The van der Waals surface area contributed by atoms with Crippen LogP contribution in [0.5, 0.6) is 0 Å². The van der Waals surface area contributed by atoms with Crippen molar-refractivity contribution >= 4 is 29.7 Å². The van der Waals surface area contributed by atoms with Gasteiger partial charge in [-0.2, -0.15) is 0 Å². The molecule has 11 heteroatoms. The van der Waals surface area contributed by atoms with Crippen molar-refractivity contribution in [2.45, 2.75) is 64.1 Å².